The first kappa shape index (κ1) is 13.4. The van der Waals surface area contributed by atoms with Crippen LogP contribution in [0.1, 0.15) is 26.3 Å². The van der Waals surface area contributed by atoms with Crippen molar-refractivity contribution in [1.82, 2.24) is 0 Å². The number of nitrogens with one attached hydrogen (secondary N) is 1. The van der Waals surface area contributed by atoms with Crippen molar-refractivity contribution in [2.24, 2.45) is 0 Å². The molecule has 0 unspecified atom stereocenters. The first-order valence-corrected chi connectivity index (χ1v) is 6.17. The minimum absolute atomic E-state index is 0.157. The van der Waals surface area contributed by atoms with Crippen LogP contribution in [0, 0.1) is 6.92 Å². The van der Waals surface area contributed by atoms with E-state index in [1.54, 1.807) is 19.1 Å². The highest BCUT2D eigenvalue weighted by molar-refractivity contribution is 9.10. The van der Waals surface area contributed by atoms with Gasteiger partial charge in [-0.05, 0) is 46.6 Å². The maximum Gasteiger partial charge on any atom is 0.336 e. The number of furan rings is 1. The Bertz CT molecular complexity index is 648. The second-order valence-electron chi connectivity index (χ2n) is 3.85. The first-order valence-electron chi connectivity index (χ1n) is 5.38. The van der Waals surface area contributed by atoms with Gasteiger partial charge in [0, 0.05) is 5.69 Å². The van der Waals surface area contributed by atoms with Gasteiger partial charge in [-0.3, -0.25) is 4.79 Å². The summed E-state index contributed by atoms with van der Waals surface area (Å²) in [7, 11) is 0. The monoisotopic (exact) mass is 323 g/mol. The average Bonchev–Trinajstić information content (AvgIpc) is 2.77. The molecule has 0 aliphatic heterocycles. The quantitative estimate of drug-likeness (QED) is 0.908. The number of carbonyl (C=O) groups excluding carboxylic acids is 1. The molecule has 19 heavy (non-hydrogen) atoms. The Kier molecular flexibility index (Phi) is 3.71. The molecule has 0 saturated heterocycles. The van der Waals surface area contributed by atoms with E-state index in [1.165, 1.54) is 18.4 Å². The summed E-state index contributed by atoms with van der Waals surface area (Å²) in [6.45, 7) is 1.64. The molecule has 0 fully saturated rings. The lowest BCUT2D eigenvalue weighted by atomic mass is 10.1. The van der Waals surface area contributed by atoms with Gasteiger partial charge in [0.1, 0.15) is 0 Å². The molecular formula is C13H10BrNO4. The molecular weight excluding hydrogens is 314 g/mol. The van der Waals surface area contributed by atoms with Gasteiger partial charge in [-0.15, -0.1) is 0 Å². The van der Waals surface area contributed by atoms with Crippen LogP contribution in [0.5, 0.6) is 0 Å². The van der Waals surface area contributed by atoms with Crippen molar-refractivity contribution in [3.63, 3.8) is 0 Å². The number of hydrogen-bond donors (Lipinski definition) is 2. The number of benzene rings is 1. The summed E-state index contributed by atoms with van der Waals surface area (Å²) in [5.74, 6) is -1.40. The van der Waals surface area contributed by atoms with Crippen LogP contribution >= 0.6 is 15.9 Å². The van der Waals surface area contributed by atoms with Crippen LogP contribution in [0.3, 0.4) is 0 Å². The van der Waals surface area contributed by atoms with Gasteiger partial charge in [-0.2, -0.15) is 0 Å². The molecule has 2 aromatic rings. The molecule has 0 saturated carbocycles. The normalized spacial score (nSPS) is 10.2. The van der Waals surface area contributed by atoms with Gasteiger partial charge >= 0.3 is 5.97 Å². The zero-order valence-electron chi connectivity index (χ0n) is 9.94. The summed E-state index contributed by atoms with van der Waals surface area (Å²) in [4.78, 5) is 23.0. The van der Waals surface area contributed by atoms with Crippen LogP contribution < -0.4 is 5.32 Å². The first-order chi connectivity index (χ1) is 9.00. The topological polar surface area (TPSA) is 79.5 Å². The fraction of sp³-hybridized carbons (Fsp3) is 0.0769. The average molecular weight is 324 g/mol. The molecule has 2 rings (SSSR count). The van der Waals surface area contributed by atoms with Crippen molar-refractivity contribution >= 4 is 33.5 Å². The minimum Gasteiger partial charge on any atom is -0.478 e. The van der Waals surface area contributed by atoms with Crippen molar-refractivity contribution in [2.75, 3.05) is 5.32 Å². The minimum atomic E-state index is -1.03. The van der Waals surface area contributed by atoms with Gasteiger partial charge in [0.25, 0.3) is 5.91 Å². The molecule has 0 atom stereocenters. The van der Waals surface area contributed by atoms with Gasteiger partial charge < -0.3 is 14.8 Å². The Morgan fingerprint density at radius 3 is 2.58 bits per heavy atom. The Morgan fingerprint density at radius 1 is 1.26 bits per heavy atom. The number of carbonyl (C=O) groups is 2. The van der Waals surface area contributed by atoms with Crippen LogP contribution in [-0.4, -0.2) is 17.0 Å². The lowest BCUT2D eigenvalue weighted by Crippen LogP contribution is -2.13. The molecule has 1 amide bonds. The van der Waals surface area contributed by atoms with Crippen LogP contribution in [0.25, 0.3) is 0 Å². The molecule has 1 aromatic heterocycles. The van der Waals surface area contributed by atoms with E-state index in [1.807, 2.05) is 0 Å². The van der Waals surface area contributed by atoms with E-state index < -0.39 is 5.97 Å². The number of anilines is 1. The lowest BCUT2D eigenvalue weighted by molar-refractivity contribution is 0.0695. The number of carboxylic acids is 1. The third-order valence-corrected chi connectivity index (χ3v) is 3.29. The van der Waals surface area contributed by atoms with Crippen molar-refractivity contribution < 1.29 is 19.1 Å². The summed E-state index contributed by atoms with van der Waals surface area (Å²) in [5, 5.41) is 11.7. The van der Waals surface area contributed by atoms with Crippen LogP contribution in [0.4, 0.5) is 5.69 Å². The SMILES string of the molecule is Cc1c(NC(=O)c2ccoc2Br)cccc1C(=O)O. The second kappa shape index (κ2) is 5.27. The third-order valence-electron chi connectivity index (χ3n) is 2.68. The summed E-state index contributed by atoms with van der Waals surface area (Å²) < 4.78 is 5.31. The van der Waals surface area contributed by atoms with Crippen LogP contribution in [0.15, 0.2) is 39.6 Å². The summed E-state index contributed by atoms with van der Waals surface area (Å²) >= 11 is 3.11. The summed E-state index contributed by atoms with van der Waals surface area (Å²) in [5.41, 5.74) is 1.46. The second-order valence-corrected chi connectivity index (χ2v) is 4.57. The van der Waals surface area contributed by atoms with Crippen molar-refractivity contribution in [2.45, 2.75) is 6.92 Å². The van der Waals surface area contributed by atoms with E-state index in [9.17, 15) is 9.59 Å². The Labute approximate surface area is 117 Å². The Balaban J connectivity index is 2.30. The number of carboxylic acid groups (broad SMARTS) is 1. The molecule has 1 aromatic carbocycles. The fourth-order valence-electron chi connectivity index (χ4n) is 1.65. The van der Waals surface area contributed by atoms with E-state index >= 15 is 0 Å². The van der Waals surface area contributed by atoms with E-state index in [0.29, 0.717) is 21.5 Å². The van der Waals surface area contributed by atoms with E-state index in [-0.39, 0.29) is 11.5 Å². The zero-order chi connectivity index (χ0) is 14.0. The van der Waals surface area contributed by atoms with Gasteiger partial charge in [-0.25, -0.2) is 4.79 Å². The fourth-order valence-corrected chi connectivity index (χ4v) is 2.07. The van der Waals surface area contributed by atoms with Gasteiger partial charge in [0.15, 0.2) is 4.67 Å². The molecule has 0 spiro atoms. The molecule has 1 heterocycles. The Hall–Kier alpha value is -2.08. The number of aromatic carboxylic acids is 1. The predicted octanol–water partition coefficient (Wildman–Crippen LogP) is 3.30. The highest BCUT2D eigenvalue weighted by atomic mass is 79.9. The smallest absolute Gasteiger partial charge is 0.336 e. The molecule has 0 bridgehead atoms. The summed E-state index contributed by atoms with van der Waals surface area (Å²) in [6, 6.07) is 6.24. The van der Waals surface area contributed by atoms with Crippen molar-refractivity contribution in [3.05, 3.63) is 51.9 Å². The highest BCUT2D eigenvalue weighted by Crippen LogP contribution is 2.22. The van der Waals surface area contributed by atoms with Crippen LogP contribution in [-0.2, 0) is 0 Å². The largest absolute Gasteiger partial charge is 0.478 e. The molecule has 6 heteroatoms. The van der Waals surface area contributed by atoms with Crippen LogP contribution in [0.2, 0.25) is 0 Å². The molecule has 98 valence electrons. The van der Waals surface area contributed by atoms with Crippen molar-refractivity contribution in [1.29, 1.82) is 0 Å². The Morgan fingerprint density at radius 2 is 2.00 bits per heavy atom. The van der Waals surface area contributed by atoms with E-state index in [0.717, 1.165) is 0 Å². The number of halogens is 1. The third kappa shape index (κ3) is 2.68. The van der Waals surface area contributed by atoms with Gasteiger partial charge in [0.2, 0.25) is 0 Å². The summed E-state index contributed by atoms with van der Waals surface area (Å²) in [6.07, 6.45) is 1.39. The molecule has 0 radical (unpaired) electrons. The molecule has 2 N–H and O–H groups in total. The van der Waals surface area contributed by atoms with Crippen molar-refractivity contribution in [3.8, 4) is 0 Å². The van der Waals surface area contributed by atoms with Gasteiger partial charge in [-0.1, -0.05) is 6.07 Å². The highest BCUT2D eigenvalue weighted by Gasteiger charge is 2.15. The standard InChI is InChI=1S/C13H10BrNO4/c1-7-8(13(17)18)3-2-4-10(7)15-12(16)9-5-6-19-11(9)14/h2-6H,1H3,(H,15,16)(H,17,18). The van der Waals surface area contributed by atoms with E-state index in [4.69, 9.17) is 9.52 Å². The zero-order valence-corrected chi connectivity index (χ0v) is 11.5. The number of rotatable bonds is 3. The molecule has 5 nitrogen and oxygen atoms in total. The molecule has 0 aliphatic rings. The predicted molar refractivity (Wildman–Crippen MR) is 72.5 cm³/mol. The van der Waals surface area contributed by atoms with E-state index in [2.05, 4.69) is 21.2 Å². The number of hydrogen-bond acceptors (Lipinski definition) is 3. The molecule has 0 aliphatic carbocycles. The van der Waals surface area contributed by atoms with Gasteiger partial charge in [0.05, 0.1) is 17.4 Å². The maximum atomic E-state index is 12.0. The number of amides is 1. The lowest BCUT2D eigenvalue weighted by Gasteiger charge is -2.09. The maximum absolute atomic E-state index is 12.0.